The molecular formula is C14H20ClN3O2. The topological polar surface area (TPSA) is 61.4 Å². The number of halogens is 1. The molecule has 2 rings (SSSR count). The number of benzene rings is 1. The highest BCUT2D eigenvalue weighted by Gasteiger charge is 2.17. The minimum atomic E-state index is -0.184. The number of carbonyl (C=O) groups is 2. The number of nitrogens with one attached hydrogen (secondary N) is 2. The second-order valence-electron chi connectivity index (χ2n) is 4.83. The van der Waals surface area contributed by atoms with Gasteiger partial charge in [-0.15, -0.1) is 12.4 Å². The largest absolute Gasteiger partial charge is 0.385 e. The summed E-state index contributed by atoms with van der Waals surface area (Å²) in [5.41, 5.74) is 2.73. The zero-order valence-electron chi connectivity index (χ0n) is 11.7. The van der Waals surface area contributed by atoms with E-state index in [-0.39, 0.29) is 30.8 Å². The van der Waals surface area contributed by atoms with E-state index in [1.165, 1.54) is 4.90 Å². The van der Waals surface area contributed by atoms with Gasteiger partial charge in [-0.05, 0) is 30.5 Å². The molecule has 0 atom stereocenters. The van der Waals surface area contributed by atoms with Gasteiger partial charge in [0.1, 0.15) is 0 Å². The van der Waals surface area contributed by atoms with Gasteiger partial charge < -0.3 is 15.5 Å². The van der Waals surface area contributed by atoms with Crippen molar-refractivity contribution in [1.29, 1.82) is 0 Å². The highest BCUT2D eigenvalue weighted by molar-refractivity contribution is 5.99. The van der Waals surface area contributed by atoms with Crippen molar-refractivity contribution in [3.05, 3.63) is 29.3 Å². The Morgan fingerprint density at radius 2 is 2.10 bits per heavy atom. The SMILES string of the molecule is CN(C)C(=O)CNC(=O)c1cccc2c1CCCN2.Cl. The summed E-state index contributed by atoms with van der Waals surface area (Å²) in [5, 5.41) is 5.96. The number of rotatable bonds is 3. The summed E-state index contributed by atoms with van der Waals surface area (Å²) in [7, 11) is 3.34. The van der Waals surface area contributed by atoms with Gasteiger partial charge in [0.25, 0.3) is 5.91 Å². The minimum absolute atomic E-state index is 0. The molecule has 0 saturated heterocycles. The Morgan fingerprint density at radius 3 is 2.80 bits per heavy atom. The number of nitrogens with zero attached hydrogens (tertiary/aromatic N) is 1. The fourth-order valence-electron chi connectivity index (χ4n) is 2.13. The van der Waals surface area contributed by atoms with Gasteiger partial charge in [0, 0.05) is 31.9 Å². The van der Waals surface area contributed by atoms with Crippen molar-refractivity contribution >= 4 is 29.9 Å². The lowest BCUT2D eigenvalue weighted by Crippen LogP contribution is -2.36. The number of hydrogen-bond donors (Lipinski definition) is 2. The molecule has 1 aromatic rings. The number of hydrogen-bond acceptors (Lipinski definition) is 3. The molecule has 5 nitrogen and oxygen atoms in total. The average molecular weight is 298 g/mol. The minimum Gasteiger partial charge on any atom is -0.385 e. The number of fused-ring (bicyclic) bond motifs is 1. The lowest BCUT2D eigenvalue weighted by Gasteiger charge is -2.20. The normalized spacial score (nSPS) is 12.5. The molecule has 1 aliphatic heterocycles. The Labute approximate surface area is 125 Å². The summed E-state index contributed by atoms with van der Waals surface area (Å²) in [6, 6.07) is 5.65. The summed E-state index contributed by atoms with van der Waals surface area (Å²) in [4.78, 5) is 25.1. The Kier molecular flexibility index (Phi) is 5.82. The number of amides is 2. The smallest absolute Gasteiger partial charge is 0.252 e. The molecular weight excluding hydrogens is 278 g/mol. The Morgan fingerprint density at radius 1 is 1.35 bits per heavy atom. The van der Waals surface area contributed by atoms with Crippen LogP contribution in [0.3, 0.4) is 0 Å². The van der Waals surface area contributed by atoms with E-state index in [0.29, 0.717) is 5.56 Å². The van der Waals surface area contributed by atoms with Crippen molar-refractivity contribution in [3.63, 3.8) is 0 Å². The van der Waals surface area contributed by atoms with Crippen LogP contribution in [0.4, 0.5) is 5.69 Å². The molecule has 2 N–H and O–H groups in total. The van der Waals surface area contributed by atoms with Crippen LogP contribution in [0.15, 0.2) is 18.2 Å². The molecule has 0 radical (unpaired) electrons. The lowest BCUT2D eigenvalue weighted by molar-refractivity contribution is -0.127. The molecule has 1 heterocycles. The van der Waals surface area contributed by atoms with Gasteiger partial charge >= 0.3 is 0 Å². The molecule has 0 spiro atoms. The maximum absolute atomic E-state index is 12.1. The van der Waals surface area contributed by atoms with Gasteiger partial charge in [-0.25, -0.2) is 0 Å². The summed E-state index contributed by atoms with van der Waals surface area (Å²) < 4.78 is 0. The fourth-order valence-corrected chi connectivity index (χ4v) is 2.13. The Bertz CT molecular complexity index is 503. The zero-order valence-corrected chi connectivity index (χ0v) is 12.5. The van der Waals surface area contributed by atoms with Gasteiger partial charge in [-0.3, -0.25) is 9.59 Å². The molecule has 2 amide bonds. The first kappa shape index (κ1) is 16.3. The molecule has 0 saturated carbocycles. The Hall–Kier alpha value is -1.75. The summed E-state index contributed by atoms with van der Waals surface area (Å²) in [6.07, 6.45) is 1.92. The number of likely N-dealkylation sites (N-methyl/N-ethyl adjacent to an activating group) is 1. The zero-order chi connectivity index (χ0) is 13.8. The van der Waals surface area contributed by atoms with Gasteiger partial charge in [-0.2, -0.15) is 0 Å². The number of anilines is 1. The highest BCUT2D eigenvalue weighted by Crippen LogP contribution is 2.25. The van der Waals surface area contributed by atoms with Crippen molar-refractivity contribution in [1.82, 2.24) is 10.2 Å². The maximum atomic E-state index is 12.1. The van der Waals surface area contributed by atoms with E-state index < -0.39 is 0 Å². The van der Waals surface area contributed by atoms with Crippen molar-refractivity contribution < 1.29 is 9.59 Å². The first-order valence-electron chi connectivity index (χ1n) is 6.43. The van der Waals surface area contributed by atoms with Crippen LogP contribution in [-0.2, 0) is 11.2 Å². The lowest BCUT2D eigenvalue weighted by atomic mass is 9.97. The van der Waals surface area contributed by atoms with E-state index in [1.54, 1.807) is 20.2 Å². The predicted molar refractivity (Wildman–Crippen MR) is 81.5 cm³/mol. The molecule has 0 aromatic heterocycles. The molecule has 0 fully saturated rings. The van der Waals surface area contributed by atoms with Crippen LogP contribution in [-0.4, -0.2) is 43.9 Å². The molecule has 110 valence electrons. The van der Waals surface area contributed by atoms with Crippen molar-refractivity contribution in [2.45, 2.75) is 12.8 Å². The van der Waals surface area contributed by atoms with Crippen LogP contribution >= 0.6 is 12.4 Å². The average Bonchev–Trinajstić information content (AvgIpc) is 2.43. The molecule has 0 aliphatic carbocycles. The van der Waals surface area contributed by atoms with Gasteiger partial charge in [0.2, 0.25) is 5.91 Å². The summed E-state index contributed by atoms with van der Waals surface area (Å²) in [6.45, 7) is 0.972. The maximum Gasteiger partial charge on any atom is 0.252 e. The highest BCUT2D eigenvalue weighted by atomic mass is 35.5. The van der Waals surface area contributed by atoms with Crippen LogP contribution in [0.5, 0.6) is 0 Å². The molecule has 20 heavy (non-hydrogen) atoms. The van der Waals surface area contributed by atoms with Gasteiger partial charge in [0.05, 0.1) is 6.54 Å². The Balaban J connectivity index is 0.00000200. The first-order chi connectivity index (χ1) is 9.09. The molecule has 1 aromatic carbocycles. The van der Waals surface area contributed by atoms with E-state index >= 15 is 0 Å². The first-order valence-corrected chi connectivity index (χ1v) is 6.43. The summed E-state index contributed by atoms with van der Waals surface area (Å²) >= 11 is 0. The monoisotopic (exact) mass is 297 g/mol. The third-order valence-corrected chi connectivity index (χ3v) is 3.24. The van der Waals surface area contributed by atoms with Crippen molar-refractivity contribution in [2.24, 2.45) is 0 Å². The predicted octanol–water partition coefficient (Wildman–Crippen LogP) is 1.28. The fraction of sp³-hybridized carbons (Fsp3) is 0.429. The van der Waals surface area contributed by atoms with Crippen molar-refractivity contribution in [2.75, 3.05) is 32.5 Å². The van der Waals surface area contributed by atoms with Gasteiger partial charge in [0.15, 0.2) is 0 Å². The molecule has 0 unspecified atom stereocenters. The third-order valence-electron chi connectivity index (χ3n) is 3.24. The second-order valence-corrected chi connectivity index (χ2v) is 4.83. The van der Waals surface area contributed by atoms with E-state index in [1.807, 2.05) is 12.1 Å². The summed E-state index contributed by atoms with van der Waals surface area (Å²) in [5.74, 6) is -0.299. The standard InChI is InChI=1S/C14H19N3O2.ClH/c1-17(2)13(18)9-16-14(19)11-5-3-7-12-10(11)6-4-8-15-12;/h3,5,7,15H,4,6,8-9H2,1-2H3,(H,16,19);1H. The molecule has 1 aliphatic rings. The number of carbonyl (C=O) groups excluding carboxylic acids is 2. The molecule has 0 bridgehead atoms. The van der Waals surface area contributed by atoms with E-state index in [2.05, 4.69) is 10.6 Å². The molecule has 6 heteroatoms. The van der Waals surface area contributed by atoms with Crippen molar-refractivity contribution in [3.8, 4) is 0 Å². The van der Waals surface area contributed by atoms with Crippen LogP contribution < -0.4 is 10.6 Å². The van der Waals surface area contributed by atoms with Crippen LogP contribution in [0, 0.1) is 0 Å². The second kappa shape index (κ2) is 7.14. The van der Waals surface area contributed by atoms with E-state index in [0.717, 1.165) is 30.6 Å². The van der Waals surface area contributed by atoms with E-state index in [9.17, 15) is 9.59 Å². The third kappa shape index (κ3) is 3.63. The van der Waals surface area contributed by atoms with Crippen LogP contribution in [0.2, 0.25) is 0 Å². The van der Waals surface area contributed by atoms with Gasteiger partial charge in [-0.1, -0.05) is 6.07 Å². The quantitative estimate of drug-likeness (QED) is 0.884. The van der Waals surface area contributed by atoms with Crippen LogP contribution in [0.25, 0.3) is 0 Å². The van der Waals surface area contributed by atoms with Crippen LogP contribution in [0.1, 0.15) is 22.3 Å². The van der Waals surface area contributed by atoms with E-state index in [4.69, 9.17) is 0 Å².